The van der Waals surface area contributed by atoms with Gasteiger partial charge in [0.05, 0.1) is 16.6 Å². The number of rotatable bonds is 7. The maximum Gasteiger partial charge on any atom is 0.415 e. The van der Waals surface area contributed by atoms with E-state index in [0.717, 1.165) is 38.1 Å². The van der Waals surface area contributed by atoms with Gasteiger partial charge in [-0.15, -0.1) is 0 Å². The van der Waals surface area contributed by atoms with E-state index in [4.69, 9.17) is 32.7 Å². The molecule has 0 bridgehead atoms. The number of benzene rings is 2. The number of halogens is 2. The molecule has 35 heavy (non-hydrogen) atoms. The second kappa shape index (κ2) is 9.59. The summed E-state index contributed by atoms with van der Waals surface area (Å²) in [4.78, 5) is 16.7. The average Bonchev–Trinajstić information content (AvgIpc) is 3.37. The number of anilines is 1. The van der Waals surface area contributed by atoms with Crippen LogP contribution >= 0.6 is 23.2 Å². The minimum Gasteiger partial charge on any atom is -0.489 e. The van der Waals surface area contributed by atoms with Gasteiger partial charge in [0.25, 0.3) is 0 Å². The topological polar surface area (TPSA) is 82.7 Å². The molecule has 184 valence electrons. The standard InChI is InChI=1S/C25H26Cl2N4O4/c1-25(15-30-14-23(31(32)33)28-24(30)35-25)16-34-20-5-3-19(4-6-20)29-10-8-17(9-11-29)12-18-2-7-21(26)22(27)13-18/h2-7,13-14,17H,8-12,15-16H2,1H3/t25-/m0/s1. The molecule has 0 N–H and O–H groups in total. The molecular formula is C25H26Cl2N4O4. The molecule has 1 atom stereocenters. The smallest absolute Gasteiger partial charge is 0.415 e. The number of hydrogen-bond donors (Lipinski definition) is 0. The highest BCUT2D eigenvalue weighted by atomic mass is 35.5. The highest BCUT2D eigenvalue weighted by Gasteiger charge is 2.41. The van der Waals surface area contributed by atoms with Crippen LogP contribution < -0.4 is 14.4 Å². The third-order valence-corrected chi connectivity index (χ3v) is 7.36. The minimum absolute atomic E-state index is 0.211. The van der Waals surface area contributed by atoms with E-state index < -0.39 is 10.5 Å². The molecule has 0 aliphatic carbocycles. The predicted molar refractivity (Wildman–Crippen MR) is 135 cm³/mol. The lowest BCUT2D eigenvalue weighted by molar-refractivity contribution is -0.389. The summed E-state index contributed by atoms with van der Waals surface area (Å²) in [5, 5.41) is 12.1. The SMILES string of the molecule is C[C@@]1(COc2ccc(N3CCC(Cc4ccc(Cl)c(Cl)c4)CC3)cc2)Cn2cc([N+](=O)[O-])nc2O1. The van der Waals surface area contributed by atoms with Gasteiger partial charge >= 0.3 is 11.8 Å². The van der Waals surface area contributed by atoms with E-state index in [0.29, 0.717) is 29.1 Å². The summed E-state index contributed by atoms with van der Waals surface area (Å²) in [6.45, 7) is 4.68. The zero-order valence-corrected chi connectivity index (χ0v) is 20.8. The summed E-state index contributed by atoms with van der Waals surface area (Å²) in [7, 11) is 0. The Kier molecular flexibility index (Phi) is 6.51. The van der Waals surface area contributed by atoms with E-state index in [1.165, 1.54) is 17.4 Å². The van der Waals surface area contributed by atoms with Crippen LogP contribution in [0.4, 0.5) is 11.5 Å². The Hall–Kier alpha value is -2.97. The summed E-state index contributed by atoms with van der Waals surface area (Å²) in [6, 6.07) is 14.3. The normalized spacial score (nSPS) is 19.9. The summed E-state index contributed by atoms with van der Waals surface area (Å²) >= 11 is 12.2. The van der Waals surface area contributed by atoms with E-state index >= 15 is 0 Å². The van der Waals surface area contributed by atoms with E-state index in [1.54, 1.807) is 4.57 Å². The van der Waals surface area contributed by atoms with Crippen LogP contribution in [-0.4, -0.2) is 39.8 Å². The lowest BCUT2D eigenvalue weighted by atomic mass is 9.90. The van der Waals surface area contributed by atoms with E-state index in [9.17, 15) is 10.1 Å². The van der Waals surface area contributed by atoms with Gasteiger partial charge in [-0.1, -0.05) is 29.3 Å². The highest BCUT2D eigenvalue weighted by Crippen LogP contribution is 2.32. The molecule has 3 heterocycles. The zero-order valence-electron chi connectivity index (χ0n) is 19.3. The number of nitro groups is 1. The molecule has 5 rings (SSSR count). The molecule has 1 aromatic heterocycles. The van der Waals surface area contributed by atoms with Gasteiger partial charge in [0.2, 0.25) is 0 Å². The summed E-state index contributed by atoms with van der Waals surface area (Å²) in [5.74, 6) is 1.18. The summed E-state index contributed by atoms with van der Waals surface area (Å²) in [5.41, 5.74) is 1.79. The summed E-state index contributed by atoms with van der Waals surface area (Å²) in [6.07, 6.45) is 4.66. The number of ether oxygens (including phenoxy) is 2. The number of aromatic nitrogens is 2. The van der Waals surface area contributed by atoms with Crippen LogP contribution in [0.5, 0.6) is 11.8 Å². The van der Waals surface area contributed by atoms with Crippen molar-refractivity contribution in [3.05, 3.63) is 74.4 Å². The Morgan fingerprint density at radius 2 is 1.91 bits per heavy atom. The molecule has 1 saturated heterocycles. The van der Waals surface area contributed by atoms with Gasteiger partial charge < -0.3 is 24.5 Å². The van der Waals surface area contributed by atoms with Crippen LogP contribution in [-0.2, 0) is 13.0 Å². The van der Waals surface area contributed by atoms with Crippen LogP contribution in [0.25, 0.3) is 0 Å². The Labute approximate surface area is 213 Å². The Balaban J connectivity index is 1.10. The number of fused-ring (bicyclic) bond motifs is 1. The molecule has 0 saturated carbocycles. The van der Waals surface area contributed by atoms with Crippen LogP contribution in [0.2, 0.25) is 10.0 Å². The predicted octanol–water partition coefficient (Wildman–Crippen LogP) is 5.79. The lowest BCUT2D eigenvalue weighted by Crippen LogP contribution is -2.38. The fourth-order valence-corrected chi connectivity index (χ4v) is 5.06. The molecule has 0 amide bonds. The van der Waals surface area contributed by atoms with E-state index in [1.807, 2.05) is 31.2 Å². The van der Waals surface area contributed by atoms with Crippen molar-refractivity contribution in [3.8, 4) is 11.8 Å². The highest BCUT2D eigenvalue weighted by molar-refractivity contribution is 6.42. The third-order valence-electron chi connectivity index (χ3n) is 6.63. The molecule has 3 aromatic rings. The molecule has 0 spiro atoms. The number of piperidine rings is 1. The van der Waals surface area contributed by atoms with Crippen molar-refractivity contribution < 1.29 is 14.4 Å². The van der Waals surface area contributed by atoms with Gasteiger partial charge in [0, 0.05) is 23.8 Å². The summed E-state index contributed by atoms with van der Waals surface area (Å²) < 4.78 is 13.5. The molecule has 2 aliphatic heterocycles. The van der Waals surface area contributed by atoms with E-state index in [-0.39, 0.29) is 11.8 Å². The molecule has 8 nitrogen and oxygen atoms in total. The third kappa shape index (κ3) is 5.33. The monoisotopic (exact) mass is 516 g/mol. The van der Waals surface area contributed by atoms with Crippen LogP contribution in [0.1, 0.15) is 25.3 Å². The van der Waals surface area contributed by atoms with Crippen molar-refractivity contribution in [3.63, 3.8) is 0 Å². The fourth-order valence-electron chi connectivity index (χ4n) is 4.74. The van der Waals surface area contributed by atoms with Crippen LogP contribution in [0, 0.1) is 16.0 Å². The first-order valence-electron chi connectivity index (χ1n) is 11.6. The van der Waals surface area contributed by atoms with Crippen molar-refractivity contribution in [1.82, 2.24) is 9.55 Å². The zero-order chi connectivity index (χ0) is 24.6. The maximum absolute atomic E-state index is 10.9. The Morgan fingerprint density at radius 1 is 1.17 bits per heavy atom. The lowest BCUT2D eigenvalue weighted by Gasteiger charge is -2.34. The number of nitrogens with zero attached hydrogens (tertiary/aromatic N) is 4. The van der Waals surface area contributed by atoms with Crippen molar-refractivity contribution in [2.75, 3.05) is 24.6 Å². The van der Waals surface area contributed by atoms with Crippen LogP contribution in [0.15, 0.2) is 48.7 Å². The second-order valence-corrected chi connectivity index (χ2v) is 10.3. The fraction of sp³-hybridized carbons (Fsp3) is 0.400. The minimum atomic E-state index is -0.633. The largest absolute Gasteiger partial charge is 0.489 e. The molecule has 2 aliphatic rings. The van der Waals surface area contributed by atoms with Crippen molar-refractivity contribution >= 4 is 34.7 Å². The van der Waals surface area contributed by atoms with E-state index in [2.05, 4.69) is 28.1 Å². The Morgan fingerprint density at radius 3 is 2.57 bits per heavy atom. The second-order valence-electron chi connectivity index (χ2n) is 9.48. The molecular weight excluding hydrogens is 491 g/mol. The number of imidazole rings is 1. The van der Waals surface area contributed by atoms with Gasteiger partial charge in [-0.25, -0.2) is 0 Å². The van der Waals surface area contributed by atoms with Crippen molar-refractivity contribution in [2.45, 2.75) is 38.3 Å². The molecule has 2 aromatic carbocycles. The first-order chi connectivity index (χ1) is 16.8. The maximum atomic E-state index is 10.9. The van der Waals surface area contributed by atoms with Crippen molar-refractivity contribution in [1.29, 1.82) is 0 Å². The van der Waals surface area contributed by atoms with Gasteiger partial charge in [-0.2, -0.15) is 0 Å². The van der Waals surface area contributed by atoms with Crippen molar-refractivity contribution in [2.24, 2.45) is 5.92 Å². The quantitative estimate of drug-likeness (QED) is 0.292. The Bertz CT molecular complexity index is 1200. The molecule has 1 fully saturated rings. The first-order valence-corrected chi connectivity index (χ1v) is 12.4. The van der Waals surface area contributed by atoms with Gasteiger partial charge in [0.1, 0.15) is 18.6 Å². The van der Waals surface area contributed by atoms with Gasteiger partial charge in [-0.3, -0.25) is 4.57 Å². The first kappa shape index (κ1) is 23.8. The number of hydrogen-bond acceptors (Lipinski definition) is 6. The molecule has 0 radical (unpaired) electrons. The molecule has 0 unspecified atom stereocenters. The van der Waals surface area contributed by atoms with Gasteiger partial charge in [-0.05, 0) is 79.0 Å². The average molecular weight is 517 g/mol. The molecule has 10 heteroatoms. The van der Waals surface area contributed by atoms with Gasteiger partial charge in [0.15, 0.2) is 5.60 Å². The van der Waals surface area contributed by atoms with Crippen LogP contribution in [0.3, 0.4) is 0 Å².